The molecule has 0 atom stereocenters. The largest absolute Gasteiger partial charge is 0.366 e. The van der Waals surface area contributed by atoms with Crippen LogP contribution in [0.5, 0.6) is 0 Å². The van der Waals surface area contributed by atoms with Gasteiger partial charge in [-0.05, 0) is 31.0 Å². The lowest BCUT2D eigenvalue weighted by atomic mass is 10.0. The fourth-order valence-electron chi connectivity index (χ4n) is 1.58. The lowest BCUT2D eigenvalue weighted by Crippen LogP contribution is -2.11. The summed E-state index contributed by atoms with van der Waals surface area (Å²) in [5.74, 6) is -0.442. The molecule has 0 aliphatic heterocycles. The monoisotopic (exact) mass is 200 g/mol. The van der Waals surface area contributed by atoms with E-state index in [0.29, 0.717) is 5.56 Å². The van der Waals surface area contributed by atoms with Gasteiger partial charge in [-0.15, -0.1) is 0 Å². The van der Waals surface area contributed by atoms with Gasteiger partial charge in [0.25, 0.3) is 0 Å². The summed E-state index contributed by atoms with van der Waals surface area (Å²) in [5.41, 5.74) is 8.91. The van der Waals surface area contributed by atoms with Crippen molar-refractivity contribution < 1.29 is 4.79 Å². The molecular weight excluding hydrogens is 188 g/mol. The third-order valence-corrected chi connectivity index (χ3v) is 2.66. The van der Waals surface area contributed by atoms with Gasteiger partial charge >= 0.3 is 0 Å². The molecule has 0 radical (unpaired) electrons. The van der Waals surface area contributed by atoms with Crippen molar-refractivity contribution in [2.75, 3.05) is 0 Å². The smallest absolute Gasteiger partial charge is 0.250 e. The molecule has 2 aromatic rings. The maximum atomic E-state index is 11.0. The summed E-state index contributed by atoms with van der Waals surface area (Å²) in [7, 11) is 0. The molecule has 2 rings (SSSR count). The van der Waals surface area contributed by atoms with Crippen LogP contribution in [0.1, 0.15) is 21.5 Å². The fraction of sp³-hybridized carbons (Fsp3) is 0.167. The van der Waals surface area contributed by atoms with Crippen LogP contribution in [-0.4, -0.2) is 10.9 Å². The Balaban J connectivity index is 2.75. The number of hydrogen-bond donors (Lipinski definition) is 1. The SMILES string of the molecule is Cc1ccc2cc(C(N)=O)cnc2c1C. The molecule has 1 aromatic carbocycles. The Labute approximate surface area is 87.9 Å². The normalized spacial score (nSPS) is 10.5. The summed E-state index contributed by atoms with van der Waals surface area (Å²) >= 11 is 0. The molecule has 0 saturated heterocycles. The summed E-state index contributed by atoms with van der Waals surface area (Å²) in [6.07, 6.45) is 1.52. The number of fused-ring (bicyclic) bond motifs is 1. The van der Waals surface area contributed by atoms with E-state index in [-0.39, 0.29) is 0 Å². The predicted octanol–water partition coefficient (Wildman–Crippen LogP) is 1.95. The number of nitrogens with two attached hydrogens (primary N) is 1. The highest BCUT2D eigenvalue weighted by molar-refractivity contribution is 5.96. The summed E-state index contributed by atoms with van der Waals surface area (Å²) in [6.45, 7) is 4.06. The highest BCUT2D eigenvalue weighted by Gasteiger charge is 2.05. The topological polar surface area (TPSA) is 56.0 Å². The number of aromatic nitrogens is 1. The molecule has 1 amide bonds. The van der Waals surface area contributed by atoms with Gasteiger partial charge in [-0.3, -0.25) is 9.78 Å². The van der Waals surface area contributed by atoms with E-state index in [9.17, 15) is 4.79 Å². The van der Waals surface area contributed by atoms with Crippen molar-refractivity contribution in [3.05, 3.63) is 41.1 Å². The van der Waals surface area contributed by atoms with Crippen molar-refractivity contribution in [2.45, 2.75) is 13.8 Å². The van der Waals surface area contributed by atoms with Gasteiger partial charge in [0.15, 0.2) is 0 Å². The summed E-state index contributed by atoms with van der Waals surface area (Å²) in [5, 5.41) is 0.953. The second-order valence-electron chi connectivity index (χ2n) is 3.67. The van der Waals surface area contributed by atoms with Crippen LogP contribution in [0.4, 0.5) is 0 Å². The molecule has 0 spiro atoms. The number of carbonyl (C=O) groups is 1. The molecule has 0 saturated carbocycles. The van der Waals surface area contributed by atoms with E-state index in [1.54, 1.807) is 6.07 Å². The van der Waals surface area contributed by atoms with Crippen LogP contribution < -0.4 is 5.73 Å². The van der Waals surface area contributed by atoms with Crippen LogP contribution in [0.15, 0.2) is 24.4 Å². The maximum absolute atomic E-state index is 11.0. The van der Waals surface area contributed by atoms with Crippen LogP contribution in [-0.2, 0) is 0 Å². The van der Waals surface area contributed by atoms with Crippen LogP contribution in [0, 0.1) is 13.8 Å². The Morgan fingerprint density at radius 2 is 2.07 bits per heavy atom. The maximum Gasteiger partial charge on any atom is 0.250 e. The number of aryl methyl sites for hydroxylation is 2. The van der Waals surface area contributed by atoms with Gasteiger partial charge in [-0.2, -0.15) is 0 Å². The van der Waals surface area contributed by atoms with Gasteiger partial charge in [-0.25, -0.2) is 0 Å². The van der Waals surface area contributed by atoms with Crippen molar-refractivity contribution in [2.24, 2.45) is 5.73 Å². The molecule has 3 heteroatoms. The van der Waals surface area contributed by atoms with Crippen molar-refractivity contribution in [1.29, 1.82) is 0 Å². The first-order valence-corrected chi connectivity index (χ1v) is 4.75. The zero-order valence-corrected chi connectivity index (χ0v) is 8.74. The van der Waals surface area contributed by atoms with E-state index in [1.165, 1.54) is 11.8 Å². The second-order valence-corrected chi connectivity index (χ2v) is 3.67. The standard InChI is InChI=1S/C12H12N2O/c1-7-3-4-9-5-10(12(13)15)6-14-11(9)8(7)2/h3-6H,1-2H3,(H2,13,15). The van der Waals surface area contributed by atoms with E-state index in [4.69, 9.17) is 5.73 Å². The minimum absolute atomic E-state index is 0.442. The number of primary amides is 1. The summed E-state index contributed by atoms with van der Waals surface area (Å²) in [4.78, 5) is 15.2. The lowest BCUT2D eigenvalue weighted by Gasteiger charge is -2.05. The first kappa shape index (κ1) is 9.65. The second kappa shape index (κ2) is 3.35. The van der Waals surface area contributed by atoms with Gasteiger partial charge in [0, 0.05) is 11.6 Å². The molecule has 2 N–H and O–H groups in total. The third kappa shape index (κ3) is 1.56. The number of benzene rings is 1. The minimum Gasteiger partial charge on any atom is -0.366 e. The number of carbonyl (C=O) groups excluding carboxylic acids is 1. The molecule has 0 unspecified atom stereocenters. The number of amides is 1. The minimum atomic E-state index is -0.442. The molecule has 0 bridgehead atoms. The van der Waals surface area contributed by atoms with Crippen molar-refractivity contribution in [3.63, 3.8) is 0 Å². The molecule has 0 aliphatic carbocycles. The number of pyridine rings is 1. The number of hydrogen-bond acceptors (Lipinski definition) is 2. The van der Waals surface area contributed by atoms with Crippen molar-refractivity contribution in [1.82, 2.24) is 4.98 Å². The average Bonchev–Trinajstić information content (AvgIpc) is 2.23. The van der Waals surface area contributed by atoms with Gasteiger partial charge in [0.05, 0.1) is 11.1 Å². The fourth-order valence-corrected chi connectivity index (χ4v) is 1.58. The third-order valence-electron chi connectivity index (χ3n) is 2.66. The van der Waals surface area contributed by atoms with Gasteiger partial charge in [0.1, 0.15) is 0 Å². The van der Waals surface area contributed by atoms with E-state index in [0.717, 1.165) is 16.5 Å². The number of nitrogens with zero attached hydrogens (tertiary/aromatic N) is 1. The van der Waals surface area contributed by atoms with Crippen LogP contribution in [0.25, 0.3) is 10.9 Å². The van der Waals surface area contributed by atoms with Crippen LogP contribution in [0.2, 0.25) is 0 Å². The zero-order valence-electron chi connectivity index (χ0n) is 8.74. The quantitative estimate of drug-likeness (QED) is 0.764. The lowest BCUT2D eigenvalue weighted by molar-refractivity contribution is 0.1000. The Hall–Kier alpha value is -1.90. The predicted molar refractivity (Wildman–Crippen MR) is 59.7 cm³/mol. The molecule has 0 aliphatic rings. The Morgan fingerprint density at radius 3 is 2.73 bits per heavy atom. The highest BCUT2D eigenvalue weighted by atomic mass is 16.1. The summed E-state index contributed by atoms with van der Waals surface area (Å²) < 4.78 is 0. The van der Waals surface area contributed by atoms with Gasteiger partial charge < -0.3 is 5.73 Å². The molecule has 76 valence electrons. The first-order valence-electron chi connectivity index (χ1n) is 4.75. The Morgan fingerprint density at radius 1 is 1.33 bits per heavy atom. The summed E-state index contributed by atoms with van der Waals surface area (Å²) in [6, 6.07) is 5.75. The van der Waals surface area contributed by atoms with Crippen molar-refractivity contribution in [3.8, 4) is 0 Å². The molecule has 1 heterocycles. The molecular formula is C12H12N2O. The first-order chi connectivity index (χ1) is 7.09. The zero-order chi connectivity index (χ0) is 11.0. The van der Waals surface area contributed by atoms with Gasteiger partial charge in [0.2, 0.25) is 5.91 Å². The van der Waals surface area contributed by atoms with E-state index in [2.05, 4.69) is 4.98 Å². The molecule has 15 heavy (non-hydrogen) atoms. The van der Waals surface area contributed by atoms with Crippen LogP contribution in [0.3, 0.4) is 0 Å². The Kier molecular flexibility index (Phi) is 2.15. The van der Waals surface area contributed by atoms with Crippen molar-refractivity contribution >= 4 is 16.8 Å². The average molecular weight is 200 g/mol. The van der Waals surface area contributed by atoms with E-state index in [1.807, 2.05) is 26.0 Å². The number of rotatable bonds is 1. The molecule has 1 aromatic heterocycles. The van der Waals surface area contributed by atoms with E-state index < -0.39 is 5.91 Å². The molecule has 3 nitrogen and oxygen atoms in total. The van der Waals surface area contributed by atoms with Gasteiger partial charge in [-0.1, -0.05) is 12.1 Å². The molecule has 0 fully saturated rings. The highest BCUT2D eigenvalue weighted by Crippen LogP contribution is 2.19. The Bertz CT molecular complexity index is 547. The van der Waals surface area contributed by atoms with E-state index >= 15 is 0 Å². The van der Waals surface area contributed by atoms with Crippen LogP contribution >= 0.6 is 0 Å².